The molecule has 1 unspecified atom stereocenters. The third kappa shape index (κ3) is 1.50. The SMILES string of the molecule is CC1(C(=O)O)CCCC(=O)N1. The zero-order chi connectivity index (χ0) is 8.48. The largest absolute Gasteiger partial charge is 0.480 e. The summed E-state index contributed by atoms with van der Waals surface area (Å²) in [6, 6.07) is 0. The molecule has 1 amide bonds. The molecule has 1 heterocycles. The molecule has 0 bridgehead atoms. The molecule has 0 saturated carbocycles. The van der Waals surface area contributed by atoms with Gasteiger partial charge in [-0.3, -0.25) is 4.79 Å². The first-order chi connectivity index (χ1) is 5.04. The van der Waals surface area contributed by atoms with Crippen LogP contribution in [0.1, 0.15) is 26.2 Å². The number of aliphatic carboxylic acids is 1. The van der Waals surface area contributed by atoms with Gasteiger partial charge in [0.05, 0.1) is 0 Å². The molecule has 1 aliphatic rings. The van der Waals surface area contributed by atoms with Gasteiger partial charge < -0.3 is 10.4 Å². The van der Waals surface area contributed by atoms with E-state index in [1.54, 1.807) is 0 Å². The Morgan fingerprint density at radius 2 is 2.36 bits per heavy atom. The minimum absolute atomic E-state index is 0.166. The average molecular weight is 157 g/mol. The Hall–Kier alpha value is -1.06. The lowest BCUT2D eigenvalue weighted by Gasteiger charge is -2.29. The fourth-order valence-corrected chi connectivity index (χ4v) is 1.20. The predicted octanol–water partition coefficient (Wildman–Crippen LogP) is 0.130. The van der Waals surface area contributed by atoms with Crippen molar-refractivity contribution in [1.82, 2.24) is 5.32 Å². The van der Waals surface area contributed by atoms with Crippen LogP contribution in [0.3, 0.4) is 0 Å². The van der Waals surface area contributed by atoms with E-state index in [1.165, 1.54) is 6.92 Å². The van der Waals surface area contributed by atoms with Gasteiger partial charge in [0.2, 0.25) is 5.91 Å². The van der Waals surface area contributed by atoms with E-state index in [1.807, 2.05) is 0 Å². The molecule has 0 aromatic heterocycles. The van der Waals surface area contributed by atoms with Gasteiger partial charge >= 0.3 is 5.97 Å². The van der Waals surface area contributed by atoms with Crippen molar-refractivity contribution in [1.29, 1.82) is 0 Å². The number of carboxylic acid groups (broad SMARTS) is 1. The molecule has 11 heavy (non-hydrogen) atoms. The van der Waals surface area contributed by atoms with Crippen molar-refractivity contribution in [2.75, 3.05) is 0 Å². The van der Waals surface area contributed by atoms with Gasteiger partial charge in [-0.1, -0.05) is 0 Å². The summed E-state index contributed by atoms with van der Waals surface area (Å²) < 4.78 is 0. The molecule has 4 heteroatoms. The van der Waals surface area contributed by atoms with Crippen molar-refractivity contribution in [3.05, 3.63) is 0 Å². The van der Waals surface area contributed by atoms with Crippen LogP contribution in [0.2, 0.25) is 0 Å². The lowest BCUT2D eigenvalue weighted by Crippen LogP contribution is -2.54. The first-order valence-corrected chi connectivity index (χ1v) is 3.59. The number of nitrogens with one attached hydrogen (secondary N) is 1. The van der Waals surface area contributed by atoms with Crippen LogP contribution in [-0.2, 0) is 9.59 Å². The van der Waals surface area contributed by atoms with Gasteiger partial charge in [-0.15, -0.1) is 0 Å². The van der Waals surface area contributed by atoms with E-state index in [2.05, 4.69) is 5.32 Å². The number of hydrogen-bond donors (Lipinski definition) is 2. The molecule has 0 spiro atoms. The maximum absolute atomic E-state index is 10.8. The van der Waals surface area contributed by atoms with Gasteiger partial charge in [-0.2, -0.15) is 0 Å². The first kappa shape index (κ1) is 8.04. The molecule has 62 valence electrons. The molecule has 1 fully saturated rings. The van der Waals surface area contributed by atoms with Crippen molar-refractivity contribution in [2.24, 2.45) is 0 Å². The summed E-state index contributed by atoms with van der Waals surface area (Å²) in [6.07, 6.45) is 1.63. The molecule has 2 N–H and O–H groups in total. The van der Waals surface area contributed by atoms with E-state index >= 15 is 0 Å². The number of hydrogen-bond acceptors (Lipinski definition) is 2. The van der Waals surface area contributed by atoms with Crippen LogP contribution in [0, 0.1) is 0 Å². The molecule has 0 aromatic rings. The Morgan fingerprint density at radius 1 is 1.73 bits per heavy atom. The highest BCUT2D eigenvalue weighted by atomic mass is 16.4. The minimum Gasteiger partial charge on any atom is -0.480 e. The summed E-state index contributed by atoms with van der Waals surface area (Å²) in [5.41, 5.74) is -1.03. The van der Waals surface area contributed by atoms with Crippen LogP contribution in [0.25, 0.3) is 0 Å². The van der Waals surface area contributed by atoms with Gasteiger partial charge in [0.1, 0.15) is 5.54 Å². The zero-order valence-electron chi connectivity index (χ0n) is 6.39. The second-order valence-corrected chi connectivity index (χ2v) is 3.04. The highest BCUT2D eigenvalue weighted by Gasteiger charge is 2.36. The smallest absolute Gasteiger partial charge is 0.329 e. The van der Waals surface area contributed by atoms with Gasteiger partial charge in [0.25, 0.3) is 0 Å². The Balaban J connectivity index is 2.70. The fourth-order valence-electron chi connectivity index (χ4n) is 1.20. The number of piperidine rings is 1. The van der Waals surface area contributed by atoms with Gasteiger partial charge in [-0.25, -0.2) is 4.79 Å². The van der Waals surface area contributed by atoms with Crippen LogP contribution in [-0.4, -0.2) is 22.5 Å². The summed E-state index contributed by atoms with van der Waals surface area (Å²) in [5, 5.41) is 11.2. The number of carbonyl (C=O) groups is 2. The van der Waals surface area contributed by atoms with E-state index in [0.29, 0.717) is 19.3 Å². The predicted molar refractivity (Wildman–Crippen MR) is 38.0 cm³/mol. The van der Waals surface area contributed by atoms with E-state index in [0.717, 1.165) is 0 Å². The summed E-state index contributed by atoms with van der Waals surface area (Å²) in [7, 11) is 0. The Bertz CT molecular complexity index is 202. The van der Waals surface area contributed by atoms with Gasteiger partial charge in [0.15, 0.2) is 0 Å². The number of carbonyl (C=O) groups excluding carboxylic acids is 1. The molecule has 0 aliphatic carbocycles. The summed E-state index contributed by atoms with van der Waals surface area (Å²) in [4.78, 5) is 21.4. The van der Waals surface area contributed by atoms with E-state index in [4.69, 9.17) is 5.11 Å². The molecule has 1 aliphatic heterocycles. The molecular formula is C7H11NO3. The summed E-state index contributed by atoms with van der Waals surface area (Å²) in [5.74, 6) is -1.12. The van der Waals surface area contributed by atoms with Crippen LogP contribution >= 0.6 is 0 Å². The molecular weight excluding hydrogens is 146 g/mol. The van der Waals surface area contributed by atoms with E-state index in [9.17, 15) is 9.59 Å². The fraction of sp³-hybridized carbons (Fsp3) is 0.714. The molecule has 1 rings (SSSR count). The monoisotopic (exact) mass is 157 g/mol. The Labute approximate surface area is 64.6 Å². The van der Waals surface area contributed by atoms with Crippen molar-refractivity contribution in [3.8, 4) is 0 Å². The van der Waals surface area contributed by atoms with Crippen molar-refractivity contribution >= 4 is 11.9 Å². The third-order valence-electron chi connectivity index (χ3n) is 1.97. The second kappa shape index (κ2) is 2.53. The van der Waals surface area contributed by atoms with Crippen molar-refractivity contribution in [2.45, 2.75) is 31.7 Å². The Kier molecular flexibility index (Phi) is 1.85. The van der Waals surface area contributed by atoms with E-state index < -0.39 is 11.5 Å². The normalized spacial score (nSPS) is 31.2. The topological polar surface area (TPSA) is 66.4 Å². The third-order valence-corrected chi connectivity index (χ3v) is 1.97. The number of carboxylic acids is 1. The van der Waals surface area contributed by atoms with Gasteiger partial charge in [-0.05, 0) is 19.8 Å². The lowest BCUT2D eigenvalue weighted by molar-refractivity contribution is -0.148. The zero-order valence-corrected chi connectivity index (χ0v) is 6.39. The van der Waals surface area contributed by atoms with Gasteiger partial charge in [0, 0.05) is 6.42 Å². The van der Waals surface area contributed by atoms with Crippen molar-refractivity contribution in [3.63, 3.8) is 0 Å². The summed E-state index contributed by atoms with van der Waals surface area (Å²) in [6.45, 7) is 1.53. The number of rotatable bonds is 1. The lowest BCUT2D eigenvalue weighted by atomic mass is 9.91. The molecule has 1 atom stereocenters. The highest BCUT2D eigenvalue weighted by Crippen LogP contribution is 2.18. The number of amides is 1. The molecule has 4 nitrogen and oxygen atoms in total. The Morgan fingerprint density at radius 3 is 2.73 bits per heavy atom. The van der Waals surface area contributed by atoms with Crippen LogP contribution < -0.4 is 5.32 Å². The maximum atomic E-state index is 10.8. The minimum atomic E-state index is -1.03. The standard InChI is InChI=1S/C7H11NO3/c1-7(6(10)11)4-2-3-5(9)8-7/h2-4H2,1H3,(H,8,9)(H,10,11). The van der Waals surface area contributed by atoms with Crippen LogP contribution in [0.15, 0.2) is 0 Å². The van der Waals surface area contributed by atoms with Crippen molar-refractivity contribution < 1.29 is 14.7 Å². The first-order valence-electron chi connectivity index (χ1n) is 3.59. The average Bonchev–Trinajstić information content (AvgIpc) is 1.86. The quantitative estimate of drug-likeness (QED) is 0.568. The molecule has 0 aromatic carbocycles. The van der Waals surface area contributed by atoms with Crippen LogP contribution in [0.5, 0.6) is 0 Å². The van der Waals surface area contributed by atoms with E-state index in [-0.39, 0.29) is 5.91 Å². The van der Waals surface area contributed by atoms with Crippen LogP contribution in [0.4, 0.5) is 0 Å². The second-order valence-electron chi connectivity index (χ2n) is 3.04. The maximum Gasteiger partial charge on any atom is 0.329 e. The molecule has 1 saturated heterocycles. The molecule has 0 radical (unpaired) electrons. The highest BCUT2D eigenvalue weighted by molar-refractivity contribution is 5.87. The summed E-state index contributed by atoms with van der Waals surface area (Å²) >= 11 is 0.